The van der Waals surface area contributed by atoms with Gasteiger partial charge in [-0.2, -0.15) is 0 Å². The number of allylic oxidation sites excluding steroid dienone is 5. The van der Waals surface area contributed by atoms with Crippen molar-refractivity contribution in [1.29, 1.82) is 0 Å². The number of ketones is 1. The highest BCUT2D eigenvalue weighted by molar-refractivity contribution is 6.08. The molecule has 0 atom stereocenters. The highest BCUT2D eigenvalue weighted by Crippen LogP contribution is 2.38. The van der Waals surface area contributed by atoms with Crippen molar-refractivity contribution < 1.29 is 19.8 Å². The number of aromatic carboxylic acids is 1. The zero-order chi connectivity index (χ0) is 20.6. The van der Waals surface area contributed by atoms with E-state index in [1.54, 1.807) is 50.3 Å². The summed E-state index contributed by atoms with van der Waals surface area (Å²) in [5.41, 5.74) is 6.01. The lowest BCUT2D eigenvalue weighted by molar-refractivity contribution is -0.111. The second kappa shape index (κ2) is 7.31. The topological polar surface area (TPSA) is 74.6 Å². The van der Waals surface area contributed by atoms with Crippen molar-refractivity contribution in [2.75, 3.05) is 0 Å². The number of carbonyl (C=O) groups is 2. The van der Waals surface area contributed by atoms with Gasteiger partial charge in [0.05, 0.1) is 5.56 Å². The van der Waals surface area contributed by atoms with Gasteiger partial charge in [0.25, 0.3) is 0 Å². The molecule has 0 bridgehead atoms. The summed E-state index contributed by atoms with van der Waals surface area (Å²) in [5.74, 6) is -0.878. The summed E-state index contributed by atoms with van der Waals surface area (Å²) < 4.78 is 0. The molecule has 0 saturated carbocycles. The van der Waals surface area contributed by atoms with Crippen LogP contribution in [0.25, 0.3) is 5.57 Å². The van der Waals surface area contributed by atoms with Crippen LogP contribution in [-0.4, -0.2) is 22.0 Å². The number of aromatic hydroxyl groups is 1. The highest BCUT2D eigenvalue weighted by Gasteiger charge is 2.23. The monoisotopic (exact) mass is 374 g/mol. The number of hydrogen-bond donors (Lipinski definition) is 2. The van der Waals surface area contributed by atoms with Crippen LogP contribution in [0.2, 0.25) is 0 Å². The molecule has 0 heterocycles. The number of aryl methyl sites for hydroxylation is 2. The largest absolute Gasteiger partial charge is 0.508 e. The Morgan fingerprint density at radius 3 is 2.11 bits per heavy atom. The minimum atomic E-state index is -1.02. The molecule has 0 spiro atoms. The summed E-state index contributed by atoms with van der Waals surface area (Å²) in [6.07, 6.45) is 3.39. The van der Waals surface area contributed by atoms with Crippen molar-refractivity contribution in [3.05, 3.63) is 93.1 Å². The second-order valence-corrected chi connectivity index (χ2v) is 7.11. The van der Waals surface area contributed by atoms with Crippen molar-refractivity contribution in [2.24, 2.45) is 0 Å². The predicted octanol–water partition coefficient (Wildman–Crippen LogP) is 4.98. The molecule has 28 heavy (non-hydrogen) atoms. The molecule has 0 amide bonds. The number of benzene rings is 2. The molecule has 4 nitrogen and oxygen atoms in total. The Kier molecular flexibility index (Phi) is 5.06. The van der Waals surface area contributed by atoms with Gasteiger partial charge in [-0.3, -0.25) is 4.79 Å². The van der Waals surface area contributed by atoms with Crippen molar-refractivity contribution in [1.82, 2.24) is 0 Å². The summed E-state index contributed by atoms with van der Waals surface area (Å²) in [7, 11) is 0. The highest BCUT2D eigenvalue weighted by atomic mass is 16.4. The fraction of sp³-hybridized carbons (Fsp3) is 0.167. The summed E-state index contributed by atoms with van der Waals surface area (Å²) >= 11 is 0. The van der Waals surface area contributed by atoms with Gasteiger partial charge in [-0.25, -0.2) is 4.79 Å². The quantitative estimate of drug-likeness (QED) is 0.794. The second-order valence-electron chi connectivity index (χ2n) is 7.11. The maximum Gasteiger partial charge on any atom is 0.336 e. The molecule has 2 N–H and O–H groups in total. The lowest BCUT2D eigenvalue weighted by Crippen LogP contribution is -2.09. The molecule has 2 aromatic rings. The Morgan fingerprint density at radius 1 is 0.821 bits per heavy atom. The third kappa shape index (κ3) is 3.41. The molecular formula is C24H22O4. The van der Waals surface area contributed by atoms with E-state index in [0.717, 1.165) is 27.8 Å². The van der Waals surface area contributed by atoms with E-state index in [1.165, 1.54) is 0 Å². The van der Waals surface area contributed by atoms with E-state index in [9.17, 15) is 19.8 Å². The van der Waals surface area contributed by atoms with Gasteiger partial charge in [-0.15, -0.1) is 0 Å². The SMILES string of the molecule is CC1=C/C(=C(/c2cc(C)c(O)cc2C)c2ccccc2C(=O)O)C(C)=CC1=O. The lowest BCUT2D eigenvalue weighted by Gasteiger charge is -2.21. The molecule has 4 heteroatoms. The molecule has 0 radical (unpaired) electrons. The smallest absolute Gasteiger partial charge is 0.336 e. The van der Waals surface area contributed by atoms with Gasteiger partial charge in [0, 0.05) is 0 Å². The van der Waals surface area contributed by atoms with E-state index in [-0.39, 0.29) is 17.1 Å². The molecule has 2 aromatic carbocycles. The first kappa shape index (κ1) is 19.4. The van der Waals surface area contributed by atoms with Crippen LogP contribution < -0.4 is 0 Å². The minimum absolute atomic E-state index is 0.0503. The number of phenols is 1. The van der Waals surface area contributed by atoms with Crippen LogP contribution in [0.3, 0.4) is 0 Å². The average molecular weight is 374 g/mol. The molecule has 1 aliphatic carbocycles. The van der Waals surface area contributed by atoms with Gasteiger partial charge in [0.15, 0.2) is 5.78 Å². The molecular weight excluding hydrogens is 352 g/mol. The zero-order valence-electron chi connectivity index (χ0n) is 16.3. The number of rotatable bonds is 3. The van der Waals surface area contributed by atoms with Crippen LogP contribution in [-0.2, 0) is 4.79 Å². The third-order valence-corrected chi connectivity index (χ3v) is 5.03. The lowest BCUT2D eigenvalue weighted by atomic mass is 9.82. The number of carbonyl (C=O) groups excluding carboxylic acids is 1. The van der Waals surface area contributed by atoms with Gasteiger partial charge in [0.1, 0.15) is 5.75 Å². The van der Waals surface area contributed by atoms with Crippen LogP contribution in [0.4, 0.5) is 0 Å². The molecule has 0 unspecified atom stereocenters. The van der Waals surface area contributed by atoms with E-state index in [4.69, 9.17) is 0 Å². The van der Waals surface area contributed by atoms with Crippen LogP contribution in [0.5, 0.6) is 5.75 Å². The molecule has 0 aromatic heterocycles. The Bertz CT molecular complexity index is 1100. The molecule has 0 saturated heterocycles. The van der Waals surface area contributed by atoms with E-state index < -0.39 is 5.97 Å². The van der Waals surface area contributed by atoms with Crippen LogP contribution >= 0.6 is 0 Å². The van der Waals surface area contributed by atoms with Gasteiger partial charge in [0.2, 0.25) is 0 Å². The van der Waals surface area contributed by atoms with Gasteiger partial charge >= 0.3 is 5.97 Å². The van der Waals surface area contributed by atoms with Gasteiger partial charge in [-0.05, 0) is 103 Å². The molecule has 142 valence electrons. The Morgan fingerprint density at radius 2 is 1.46 bits per heavy atom. The minimum Gasteiger partial charge on any atom is -0.508 e. The van der Waals surface area contributed by atoms with Crippen molar-refractivity contribution in [3.63, 3.8) is 0 Å². The van der Waals surface area contributed by atoms with Crippen molar-refractivity contribution in [3.8, 4) is 5.75 Å². The summed E-state index contributed by atoms with van der Waals surface area (Å²) in [4.78, 5) is 24.0. The fourth-order valence-corrected chi connectivity index (χ4v) is 3.45. The predicted molar refractivity (Wildman–Crippen MR) is 110 cm³/mol. The molecule has 0 aliphatic heterocycles. The van der Waals surface area contributed by atoms with E-state index >= 15 is 0 Å². The van der Waals surface area contributed by atoms with E-state index in [1.807, 2.05) is 26.0 Å². The van der Waals surface area contributed by atoms with E-state index in [0.29, 0.717) is 16.7 Å². The fourth-order valence-electron chi connectivity index (χ4n) is 3.45. The standard InChI is InChI=1S/C24H22O4/c1-13-11-21(25)15(3)9-19(13)23(17-7-5-6-8-18(17)24(27)28)20-10-16(4)22(26)12-14(20)2/h5-12,25H,1-4H3,(H,27,28)/b23-20-. The van der Waals surface area contributed by atoms with Crippen LogP contribution in [0.1, 0.15) is 46.5 Å². The number of phenolic OH excluding ortho intramolecular Hbond substituents is 1. The normalized spacial score (nSPS) is 15.8. The Labute approximate surface area is 164 Å². The number of carboxylic acids is 1. The number of hydrogen-bond acceptors (Lipinski definition) is 3. The third-order valence-electron chi connectivity index (χ3n) is 5.03. The molecule has 0 fully saturated rings. The first-order chi connectivity index (χ1) is 13.2. The van der Waals surface area contributed by atoms with Crippen molar-refractivity contribution >= 4 is 17.3 Å². The summed E-state index contributed by atoms with van der Waals surface area (Å²) in [5, 5.41) is 19.8. The van der Waals surface area contributed by atoms with Crippen molar-refractivity contribution in [2.45, 2.75) is 27.7 Å². The summed E-state index contributed by atoms with van der Waals surface area (Å²) in [6, 6.07) is 10.4. The molecule has 1 aliphatic rings. The van der Waals surface area contributed by atoms with Crippen LogP contribution in [0, 0.1) is 13.8 Å². The Balaban J connectivity index is 2.46. The van der Waals surface area contributed by atoms with Gasteiger partial charge in [-0.1, -0.05) is 18.2 Å². The summed E-state index contributed by atoms with van der Waals surface area (Å²) in [6.45, 7) is 7.28. The number of carboxylic acid groups (broad SMARTS) is 1. The van der Waals surface area contributed by atoms with E-state index in [2.05, 4.69) is 0 Å². The first-order valence-electron chi connectivity index (χ1n) is 8.99. The Hall–Kier alpha value is -3.40. The molecule has 3 rings (SSSR count). The maximum absolute atomic E-state index is 12.1. The zero-order valence-corrected chi connectivity index (χ0v) is 16.3. The first-order valence-corrected chi connectivity index (χ1v) is 8.99. The van der Waals surface area contributed by atoms with Crippen LogP contribution in [0.15, 0.2) is 65.3 Å². The van der Waals surface area contributed by atoms with Gasteiger partial charge < -0.3 is 10.2 Å². The average Bonchev–Trinajstić information content (AvgIpc) is 2.64. The maximum atomic E-state index is 12.1.